The summed E-state index contributed by atoms with van der Waals surface area (Å²) < 4.78 is 2.03. The molecule has 6 nitrogen and oxygen atoms in total. The lowest BCUT2D eigenvalue weighted by Crippen LogP contribution is -2.47. The van der Waals surface area contributed by atoms with Crippen LogP contribution < -0.4 is 9.80 Å². The molecule has 2 aromatic carbocycles. The Morgan fingerprint density at radius 1 is 0.794 bits per heavy atom. The molecule has 1 aliphatic heterocycles. The van der Waals surface area contributed by atoms with Crippen molar-refractivity contribution in [3.05, 3.63) is 81.8 Å². The average Bonchev–Trinajstić information content (AvgIpc) is 3.45. The molecule has 0 bridgehead atoms. The van der Waals surface area contributed by atoms with Crippen LogP contribution in [0.3, 0.4) is 0 Å². The Bertz CT molecular complexity index is 1350. The number of piperazine rings is 1. The van der Waals surface area contributed by atoms with Crippen molar-refractivity contribution >= 4 is 17.3 Å². The predicted octanol–water partition coefficient (Wildman–Crippen LogP) is 4.46. The van der Waals surface area contributed by atoms with Crippen LogP contribution in [0, 0.1) is 20.8 Å². The van der Waals surface area contributed by atoms with Crippen LogP contribution in [-0.4, -0.2) is 45.8 Å². The molecule has 0 spiro atoms. The maximum absolute atomic E-state index is 4.97. The van der Waals surface area contributed by atoms with Crippen LogP contribution in [-0.2, 0) is 19.3 Å². The van der Waals surface area contributed by atoms with E-state index in [-0.39, 0.29) is 0 Å². The molecule has 174 valence electrons. The summed E-state index contributed by atoms with van der Waals surface area (Å²) in [6, 6.07) is 15.4. The standard InChI is InChI=1S/C28H32N6/c1-19-7-10-22(11-8-19)18-26-30-28-29-24-6-4-5-23(24)27(34(28)31-26)33-15-13-32(14-16-33)25-12-9-20(2)17-21(25)3/h7-12,17H,4-6,13-16,18H2,1-3H3. The van der Waals surface area contributed by atoms with Gasteiger partial charge in [0.15, 0.2) is 5.82 Å². The van der Waals surface area contributed by atoms with Crippen LogP contribution in [0.4, 0.5) is 11.5 Å². The monoisotopic (exact) mass is 452 g/mol. The Hall–Kier alpha value is -3.41. The lowest BCUT2D eigenvalue weighted by Gasteiger charge is -2.38. The van der Waals surface area contributed by atoms with Gasteiger partial charge < -0.3 is 9.80 Å². The first-order chi connectivity index (χ1) is 16.5. The van der Waals surface area contributed by atoms with E-state index in [1.54, 1.807) is 0 Å². The molecule has 0 unspecified atom stereocenters. The third-order valence-corrected chi connectivity index (χ3v) is 7.28. The predicted molar refractivity (Wildman–Crippen MR) is 137 cm³/mol. The summed E-state index contributed by atoms with van der Waals surface area (Å²) in [7, 11) is 0. The van der Waals surface area contributed by atoms with Gasteiger partial charge in [-0.2, -0.15) is 9.50 Å². The first-order valence-electron chi connectivity index (χ1n) is 12.5. The maximum Gasteiger partial charge on any atom is 0.254 e. The first-order valence-corrected chi connectivity index (χ1v) is 12.5. The number of aromatic nitrogens is 4. The van der Waals surface area contributed by atoms with Gasteiger partial charge in [-0.25, -0.2) is 4.98 Å². The topological polar surface area (TPSA) is 49.6 Å². The number of rotatable bonds is 4. The largest absolute Gasteiger partial charge is 0.368 e. The fourth-order valence-electron chi connectivity index (χ4n) is 5.51. The van der Waals surface area contributed by atoms with E-state index in [0.717, 1.165) is 57.0 Å². The Balaban J connectivity index is 1.30. The van der Waals surface area contributed by atoms with E-state index < -0.39 is 0 Å². The van der Waals surface area contributed by atoms with Gasteiger partial charge in [0.05, 0.1) is 5.69 Å². The first kappa shape index (κ1) is 21.1. The fraction of sp³-hybridized carbons (Fsp3) is 0.393. The average molecular weight is 453 g/mol. The number of anilines is 2. The van der Waals surface area contributed by atoms with Crippen molar-refractivity contribution < 1.29 is 0 Å². The van der Waals surface area contributed by atoms with Crippen molar-refractivity contribution in [2.24, 2.45) is 0 Å². The molecular weight excluding hydrogens is 420 g/mol. The molecule has 6 rings (SSSR count). The van der Waals surface area contributed by atoms with E-state index in [9.17, 15) is 0 Å². The summed E-state index contributed by atoms with van der Waals surface area (Å²) >= 11 is 0. The molecular formula is C28H32N6. The van der Waals surface area contributed by atoms with Crippen molar-refractivity contribution in [1.82, 2.24) is 19.6 Å². The normalized spacial score (nSPS) is 15.9. The molecule has 34 heavy (non-hydrogen) atoms. The van der Waals surface area contributed by atoms with Crippen molar-refractivity contribution in [2.75, 3.05) is 36.0 Å². The molecule has 1 saturated heterocycles. The summed E-state index contributed by atoms with van der Waals surface area (Å²) in [5, 5.41) is 4.97. The highest BCUT2D eigenvalue weighted by atomic mass is 15.4. The number of nitrogens with zero attached hydrogens (tertiary/aromatic N) is 6. The lowest BCUT2D eigenvalue weighted by molar-refractivity contribution is 0.634. The van der Waals surface area contributed by atoms with Crippen molar-refractivity contribution in [3.63, 3.8) is 0 Å². The highest BCUT2D eigenvalue weighted by molar-refractivity contribution is 5.59. The van der Waals surface area contributed by atoms with Crippen LogP contribution in [0.5, 0.6) is 0 Å². The minimum absolute atomic E-state index is 0.730. The van der Waals surface area contributed by atoms with Crippen molar-refractivity contribution in [3.8, 4) is 0 Å². The minimum Gasteiger partial charge on any atom is -0.368 e. The Morgan fingerprint density at radius 2 is 1.53 bits per heavy atom. The third kappa shape index (κ3) is 3.81. The van der Waals surface area contributed by atoms with Gasteiger partial charge in [-0.1, -0.05) is 47.5 Å². The van der Waals surface area contributed by atoms with Crippen LogP contribution >= 0.6 is 0 Å². The smallest absolute Gasteiger partial charge is 0.254 e. The highest BCUT2D eigenvalue weighted by Gasteiger charge is 2.28. The van der Waals surface area contributed by atoms with Gasteiger partial charge in [-0.3, -0.25) is 0 Å². The van der Waals surface area contributed by atoms with E-state index in [4.69, 9.17) is 15.1 Å². The van der Waals surface area contributed by atoms with Gasteiger partial charge in [-0.15, -0.1) is 5.10 Å². The number of hydrogen-bond donors (Lipinski definition) is 0. The summed E-state index contributed by atoms with van der Waals surface area (Å²) in [5.74, 6) is 2.81. The SMILES string of the molecule is Cc1ccc(Cc2nc3nc4c(c(N5CCN(c6ccc(C)cc6C)CC5)n3n2)CCC4)cc1. The van der Waals surface area contributed by atoms with Crippen LogP contribution in [0.15, 0.2) is 42.5 Å². The number of fused-ring (bicyclic) bond motifs is 2. The molecule has 0 amide bonds. The quantitative estimate of drug-likeness (QED) is 0.458. The lowest BCUT2D eigenvalue weighted by atomic mass is 10.1. The van der Waals surface area contributed by atoms with Crippen LogP contribution in [0.25, 0.3) is 5.78 Å². The Labute approximate surface area is 201 Å². The maximum atomic E-state index is 4.97. The van der Waals surface area contributed by atoms with E-state index in [1.165, 1.54) is 51.4 Å². The number of hydrogen-bond acceptors (Lipinski definition) is 5. The van der Waals surface area contributed by atoms with Gasteiger partial charge in [0, 0.05) is 43.9 Å². The molecule has 4 aromatic rings. The molecule has 6 heteroatoms. The molecule has 2 aromatic heterocycles. The molecule has 0 saturated carbocycles. The van der Waals surface area contributed by atoms with Gasteiger partial charge in [-0.05, 0) is 57.2 Å². The van der Waals surface area contributed by atoms with E-state index in [0.29, 0.717) is 0 Å². The molecule has 0 radical (unpaired) electrons. The van der Waals surface area contributed by atoms with Crippen molar-refractivity contribution in [1.29, 1.82) is 0 Å². The van der Waals surface area contributed by atoms with Gasteiger partial charge in [0.2, 0.25) is 0 Å². The zero-order chi connectivity index (χ0) is 23.2. The Morgan fingerprint density at radius 3 is 2.29 bits per heavy atom. The second kappa shape index (κ2) is 8.42. The third-order valence-electron chi connectivity index (χ3n) is 7.28. The number of aryl methyl sites for hydroxylation is 4. The number of benzene rings is 2. The summed E-state index contributed by atoms with van der Waals surface area (Å²) in [5.41, 5.74) is 9.13. The van der Waals surface area contributed by atoms with E-state index >= 15 is 0 Å². The highest BCUT2D eigenvalue weighted by Crippen LogP contribution is 2.32. The molecule has 1 fully saturated rings. The second-order valence-corrected chi connectivity index (χ2v) is 9.88. The van der Waals surface area contributed by atoms with Gasteiger partial charge in [0.25, 0.3) is 5.78 Å². The van der Waals surface area contributed by atoms with E-state index in [1.807, 2.05) is 4.52 Å². The molecule has 3 heterocycles. The van der Waals surface area contributed by atoms with Gasteiger partial charge in [0.1, 0.15) is 5.82 Å². The summed E-state index contributed by atoms with van der Waals surface area (Å²) in [4.78, 5) is 14.8. The Kier molecular flexibility index (Phi) is 5.24. The van der Waals surface area contributed by atoms with Crippen LogP contribution in [0.2, 0.25) is 0 Å². The van der Waals surface area contributed by atoms with Crippen molar-refractivity contribution in [2.45, 2.75) is 46.5 Å². The zero-order valence-electron chi connectivity index (χ0n) is 20.4. The fourth-order valence-corrected chi connectivity index (χ4v) is 5.51. The second-order valence-electron chi connectivity index (χ2n) is 9.88. The minimum atomic E-state index is 0.730. The molecule has 1 aliphatic carbocycles. The zero-order valence-corrected chi connectivity index (χ0v) is 20.4. The summed E-state index contributed by atoms with van der Waals surface area (Å²) in [6.45, 7) is 10.5. The molecule has 2 aliphatic rings. The van der Waals surface area contributed by atoms with E-state index in [2.05, 4.69) is 73.0 Å². The van der Waals surface area contributed by atoms with Crippen LogP contribution in [0.1, 0.15) is 45.8 Å². The molecule has 0 atom stereocenters. The summed E-state index contributed by atoms with van der Waals surface area (Å²) in [6.07, 6.45) is 4.02. The molecule has 0 N–H and O–H groups in total. The van der Waals surface area contributed by atoms with Gasteiger partial charge >= 0.3 is 0 Å².